The molecule has 6 heteroatoms. The highest BCUT2D eigenvalue weighted by molar-refractivity contribution is 7.89. The van der Waals surface area contributed by atoms with Crippen molar-refractivity contribution in [2.75, 3.05) is 32.7 Å². The van der Waals surface area contributed by atoms with Crippen molar-refractivity contribution in [1.29, 1.82) is 0 Å². The Balaban J connectivity index is 1.55. The van der Waals surface area contributed by atoms with Crippen molar-refractivity contribution in [3.05, 3.63) is 41.2 Å². The van der Waals surface area contributed by atoms with Gasteiger partial charge in [0.1, 0.15) is 5.82 Å². The zero-order chi connectivity index (χ0) is 17.9. The second-order valence-electron chi connectivity index (χ2n) is 7.01. The average molecular weight is 367 g/mol. The molecule has 1 aliphatic heterocycles. The highest BCUT2D eigenvalue weighted by atomic mass is 32.2. The number of rotatable bonds is 5. The molecule has 0 atom stereocenters. The van der Waals surface area contributed by atoms with Gasteiger partial charge in [0, 0.05) is 32.7 Å². The summed E-state index contributed by atoms with van der Waals surface area (Å²) in [5.41, 5.74) is 1.92. The van der Waals surface area contributed by atoms with Crippen LogP contribution >= 0.6 is 0 Å². The van der Waals surface area contributed by atoms with E-state index in [0.717, 1.165) is 26.1 Å². The van der Waals surface area contributed by atoms with Gasteiger partial charge in [0.25, 0.3) is 0 Å². The smallest absolute Gasteiger partial charge is 0.243 e. The Morgan fingerprint density at radius 1 is 1.12 bits per heavy atom. The summed E-state index contributed by atoms with van der Waals surface area (Å²) in [6.45, 7) is 5.11. The van der Waals surface area contributed by atoms with Crippen LogP contribution in [0.2, 0.25) is 0 Å². The lowest BCUT2D eigenvalue weighted by atomic mass is 9.97. The maximum atomic E-state index is 13.4. The lowest BCUT2D eigenvalue weighted by Crippen LogP contribution is -2.48. The van der Waals surface area contributed by atoms with E-state index in [9.17, 15) is 12.8 Å². The topological polar surface area (TPSA) is 40.6 Å². The molecule has 1 aromatic carbocycles. The van der Waals surface area contributed by atoms with Crippen molar-refractivity contribution >= 4 is 10.0 Å². The van der Waals surface area contributed by atoms with E-state index >= 15 is 0 Å². The summed E-state index contributed by atoms with van der Waals surface area (Å²) in [6.07, 6.45) is 8.51. The number of benzene rings is 1. The minimum atomic E-state index is -3.53. The van der Waals surface area contributed by atoms with E-state index < -0.39 is 10.0 Å². The highest BCUT2D eigenvalue weighted by Gasteiger charge is 2.28. The third-order valence-electron chi connectivity index (χ3n) is 5.23. The predicted octanol–water partition coefficient (Wildman–Crippen LogP) is 3.33. The first-order valence-corrected chi connectivity index (χ1v) is 10.6. The molecule has 4 nitrogen and oxygen atoms in total. The first kappa shape index (κ1) is 18.5. The molecule has 25 heavy (non-hydrogen) atoms. The fraction of sp³-hybridized carbons (Fsp3) is 0.579. The number of nitrogens with zero attached hydrogens (tertiary/aromatic N) is 2. The summed E-state index contributed by atoms with van der Waals surface area (Å²) >= 11 is 0. The zero-order valence-electron chi connectivity index (χ0n) is 14.9. The molecule has 0 saturated carbocycles. The maximum absolute atomic E-state index is 13.4. The minimum Gasteiger partial charge on any atom is -0.300 e. The van der Waals surface area contributed by atoms with E-state index in [1.165, 1.54) is 48.2 Å². The van der Waals surface area contributed by atoms with Gasteiger partial charge in [-0.2, -0.15) is 4.31 Å². The Morgan fingerprint density at radius 3 is 2.52 bits per heavy atom. The number of halogens is 1. The van der Waals surface area contributed by atoms with Crippen molar-refractivity contribution in [1.82, 2.24) is 9.21 Å². The van der Waals surface area contributed by atoms with Gasteiger partial charge in [-0.15, -0.1) is 0 Å². The third kappa shape index (κ3) is 4.49. The highest BCUT2D eigenvalue weighted by Crippen LogP contribution is 2.22. The number of allylic oxidation sites excluding steroid dienone is 1. The van der Waals surface area contributed by atoms with Gasteiger partial charge in [-0.3, -0.25) is 0 Å². The van der Waals surface area contributed by atoms with Crippen molar-refractivity contribution in [2.45, 2.75) is 43.9 Å². The lowest BCUT2D eigenvalue weighted by Gasteiger charge is -2.34. The van der Waals surface area contributed by atoms with Gasteiger partial charge in [-0.1, -0.05) is 11.6 Å². The normalized spacial score (nSPS) is 20.5. The van der Waals surface area contributed by atoms with Crippen LogP contribution in [0.4, 0.5) is 4.39 Å². The number of aryl methyl sites for hydroxylation is 1. The lowest BCUT2D eigenvalue weighted by molar-refractivity contribution is 0.189. The molecule has 0 radical (unpaired) electrons. The Hall–Kier alpha value is -1.24. The van der Waals surface area contributed by atoms with Gasteiger partial charge in [0.2, 0.25) is 10.0 Å². The van der Waals surface area contributed by atoms with Crippen molar-refractivity contribution in [3.63, 3.8) is 0 Å². The molecule has 0 bridgehead atoms. The van der Waals surface area contributed by atoms with Crippen LogP contribution in [0, 0.1) is 12.7 Å². The van der Waals surface area contributed by atoms with Crippen LogP contribution in [0.15, 0.2) is 34.7 Å². The second-order valence-corrected chi connectivity index (χ2v) is 8.95. The quantitative estimate of drug-likeness (QED) is 0.751. The minimum absolute atomic E-state index is 0.187. The van der Waals surface area contributed by atoms with Crippen LogP contribution in [0.1, 0.15) is 37.7 Å². The number of hydrogen-bond donors (Lipinski definition) is 0. The largest absolute Gasteiger partial charge is 0.300 e. The summed E-state index contributed by atoms with van der Waals surface area (Å²) in [7, 11) is -3.53. The molecule has 0 unspecified atom stereocenters. The summed E-state index contributed by atoms with van der Waals surface area (Å²) in [4.78, 5) is 2.53. The Kier molecular flexibility index (Phi) is 5.92. The molecule has 0 aromatic heterocycles. The fourth-order valence-electron chi connectivity index (χ4n) is 3.55. The van der Waals surface area contributed by atoms with Crippen LogP contribution in [0.5, 0.6) is 0 Å². The van der Waals surface area contributed by atoms with E-state index in [1.807, 2.05) is 0 Å². The van der Waals surface area contributed by atoms with E-state index in [2.05, 4.69) is 11.0 Å². The van der Waals surface area contributed by atoms with Crippen LogP contribution in [0.25, 0.3) is 0 Å². The first-order valence-electron chi connectivity index (χ1n) is 9.13. The molecule has 0 N–H and O–H groups in total. The molecule has 0 spiro atoms. The molecule has 3 rings (SSSR count). The van der Waals surface area contributed by atoms with Crippen LogP contribution in [-0.4, -0.2) is 50.3 Å². The predicted molar refractivity (Wildman–Crippen MR) is 97.5 cm³/mol. The molecule has 0 amide bonds. The van der Waals surface area contributed by atoms with E-state index in [4.69, 9.17) is 0 Å². The number of sulfonamides is 1. The molecule has 1 saturated heterocycles. The van der Waals surface area contributed by atoms with Crippen molar-refractivity contribution in [2.24, 2.45) is 0 Å². The number of piperazine rings is 1. The average Bonchev–Trinajstić information content (AvgIpc) is 2.63. The summed E-state index contributed by atoms with van der Waals surface area (Å²) < 4.78 is 40.4. The van der Waals surface area contributed by atoms with Gasteiger partial charge in [-0.05, 0) is 62.8 Å². The molecule has 2 aliphatic rings. The fourth-order valence-corrected chi connectivity index (χ4v) is 5.06. The second kappa shape index (κ2) is 7.98. The van der Waals surface area contributed by atoms with Gasteiger partial charge in [-0.25, -0.2) is 12.8 Å². The zero-order valence-corrected chi connectivity index (χ0v) is 15.7. The molecule has 1 fully saturated rings. The first-order chi connectivity index (χ1) is 12.0. The molecule has 1 aliphatic carbocycles. The van der Waals surface area contributed by atoms with Crippen LogP contribution < -0.4 is 0 Å². The van der Waals surface area contributed by atoms with Gasteiger partial charge in [0.15, 0.2) is 0 Å². The van der Waals surface area contributed by atoms with E-state index in [-0.39, 0.29) is 10.7 Å². The molecule has 1 heterocycles. The van der Waals surface area contributed by atoms with Crippen molar-refractivity contribution < 1.29 is 12.8 Å². The summed E-state index contributed by atoms with van der Waals surface area (Å²) in [5.74, 6) is -0.374. The Bertz CT molecular complexity index is 738. The molecular weight excluding hydrogens is 339 g/mol. The standard InChI is InChI=1S/C19H27FN2O2S/c1-16-15-18(7-8-19(16)20)25(23,24)22-13-11-21(12-14-22)10-9-17-5-3-2-4-6-17/h5,7-8,15H,2-4,6,9-14H2,1H3. The van der Waals surface area contributed by atoms with Crippen LogP contribution in [-0.2, 0) is 10.0 Å². The Labute approximate surface area is 150 Å². The Morgan fingerprint density at radius 2 is 1.88 bits per heavy atom. The monoisotopic (exact) mass is 366 g/mol. The summed E-state index contributed by atoms with van der Waals surface area (Å²) in [5, 5.41) is 0. The van der Waals surface area contributed by atoms with Crippen molar-refractivity contribution in [3.8, 4) is 0 Å². The van der Waals surface area contributed by atoms with E-state index in [1.54, 1.807) is 12.5 Å². The molecule has 138 valence electrons. The maximum Gasteiger partial charge on any atom is 0.243 e. The van der Waals surface area contributed by atoms with Crippen LogP contribution in [0.3, 0.4) is 0 Å². The van der Waals surface area contributed by atoms with Gasteiger partial charge < -0.3 is 4.90 Å². The third-order valence-corrected chi connectivity index (χ3v) is 7.13. The van der Waals surface area contributed by atoms with Gasteiger partial charge >= 0.3 is 0 Å². The SMILES string of the molecule is Cc1cc(S(=O)(=O)N2CCN(CCC3=CCCCC3)CC2)ccc1F. The molecular formula is C19H27FN2O2S. The van der Waals surface area contributed by atoms with Gasteiger partial charge in [0.05, 0.1) is 4.90 Å². The number of hydrogen-bond acceptors (Lipinski definition) is 3. The van der Waals surface area contributed by atoms with E-state index in [0.29, 0.717) is 18.7 Å². The summed E-state index contributed by atoms with van der Waals surface area (Å²) in [6, 6.07) is 4.02. The molecule has 1 aromatic rings.